The zero-order valence-corrected chi connectivity index (χ0v) is 13.8. The lowest BCUT2D eigenvalue weighted by atomic mass is 10.2. The van der Waals surface area contributed by atoms with Crippen molar-refractivity contribution in [3.63, 3.8) is 0 Å². The van der Waals surface area contributed by atoms with E-state index in [9.17, 15) is 4.79 Å². The van der Waals surface area contributed by atoms with E-state index in [1.165, 1.54) is 6.20 Å². The van der Waals surface area contributed by atoms with Crippen molar-refractivity contribution in [2.75, 3.05) is 38.0 Å². The van der Waals surface area contributed by atoms with Crippen molar-refractivity contribution in [3.05, 3.63) is 22.8 Å². The summed E-state index contributed by atoms with van der Waals surface area (Å²) >= 11 is 6.05. The second-order valence-corrected chi connectivity index (χ2v) is 5.18. The van der Waals surface area contributed by atoms with E-state index in [0.717, 1.165) is 32.6 Å². The number of carbonyl (C=O) groups excluding carboxylic acids is 1. The van der Waals surface area contributed by atoms with Crippen LogP contribution in [-0.4, -0.2) is 48.5 Å². The van der Waals surface area contributed by atoms with E-state index in [1.807, 2.05) is 6.92 Å². The predicted octanol–water partition coefficient (Wildman–Crippen LogP) is 2.63. The molecule has 1 amide bonds. The summed E-state index contributed by atoms with van der Waals surface area (Å²) in [6, 6.07) is 1.69. The van der Waals surface area contributed by atoms with E-state index < -0.39 is 0 Å². The highest BCUT2D eigenvalue weighted by molar-refractivity contribution is 6.33. The highest BCUT2D eigenvalue weighted by atomic mass is 35.5. The van der Waals surface area contributed by atoms with E-state index >= 15 is 0 Å². The van der Waals surface area contributed by atoms with Gasteiger partial charge in [0.05, 0.1) is 10.6 Å². The normalized spacial score (nSPS) is 10.7. The molecule has 0 saturated heterocycles. The summed E-state index contributed by atoms with van der Waals surface area (Å²) in [7, 11) is 0. The van der Waals surface area contributed by atoms with E-state index in [4.69, 9.17) is 11.6 Å². The summed E-state index contributed by atoms with van der Waals surface area (Å²) in [5.74, 6) is 0.502. The molecular weight excluding hydrogens is 288 g/mol. The second kappa shape index (κ2) is 9.58. The summed E-state index contributed by atoms with van der Waals surface area (Å²) in [6.07, 6.45) is 2.62. The average molecular weight is 313 g/mol. The fraction of sp³-hybridized carbons (Fsp3) is 0.600. The van der Waals surface area contributed by atoms with Gasteiger partial charge in [-0.3, -0.25) is 4.79 Å². The van der Waals surface area contributed by atoms with Crippen molar-refractivity contribution in [3.8, 4) is 0 Å². The van der Waals surface area contributed by atoms with Gasteiger partial charge in [0.25, 0.3) is 5.91 Å². The number of aromatic nitrogens is 1. The number of hydrogen-bond donors (Lipinski definition) is 2. The molecule has 0 aliphatic heterocycles. The molecule has 2 N–H and O–H groups in total. The first-order valence-corrected chi connectivity index (χ1v) is 7.90. The molecule has 0 saturated carbocycles. The van der Waals surface area contributed by atoms with Crippen molar-refractivity contribution >= 4 is 23.3 Å². The Morgan fingerprint density at radius 3 is 2.71 bits per heavy atom. The Morgan fingerprint density at radius 1 is 1.33 bits per heavy atom. The lowest BCUT2D eigenvalue weighted by Crippen LogP contribution is -2.35. The Morgan fingerprint density at radius 2 is 2.10 bits per heavy atom. The van der Waals surface area contributed by atoms with Gasteiger partial charge in [0.1, 0.15) is 5.82 Å². The summed E-state index contributed by atoms with van der Waals surface area (Å²) in [5.41, 5.74) is 0.459. The first-order valence-electron chi connectivity index (χ1n) is 7.52. The minimum absolute atomic E-state index is 0.158. The van der Waals surface area contributed by atoms with Crippen molar-refractivity contribution in [1.82, 2.24) is 15.2 Å². The third kappa shape index (κ3) is 5.89. The predicted molar refractivity (Wildman–Crippen MR) is 88.1 cm³/mol. The molecule has 1 rings (SSSR count). The molecule has 21 heavy (non-hydrogen) atoms. The third-order valence-electron chi connectivity index (χ3n) is 3.16. The molecule has 0 spiro atoms. The van der Waals surface area contributed by atoms with Crippen LogP contribution in [-0.2, 0) is 0 Å². The maximum atomic E-state index is 12.2. The van der Waals surface area contributed by atoms with E-state index in [-0.39, 0.29) is 5.91 Å². The number of likely N-dealkylation sites (N-methyl/N-ethyl adjacent to an activating group) is 1. The zero-order chi connectivity index (χ0) is 15.7. The Balaban J connectivity index is 2.57. The lowest BCUT2D eigenvalue weighted by molar-refractivity contribution is 0.0948. The van der Waals surface area contributed by atoms with Crippen LogP contribution in [0.25, 0.3) is 0 Å². The molecule has 0 aliphatic rings. The molecule has 0 atom stereocenters. The molecule has 0 aromatic carbocycles. The van der Waals surface area contributed by atoms with E-state index in [1.54, 1.807) is 6.07 Å². The van der Waals surface area contributed by atoms with Crippen LogP contribution in [0.4, 0.5) is 5.82 Å². The molecule has 0 fully saturated rings. The second-order valence-electron chi connectivity index (χ2n) is 4.77. The first kappa shape index (κ1) is 17.7. The van der Waals surface area contributed by atoms with Crippen LogP contribution < -0.4 is 10.6 Å². The van der Waals surface area contributed by atoms with Crippen molar-refractivity contribution < 1.29 is 4.79 Å². The number of rotatable bonds is 9. The van der Waals surface area contributed by atoms with Crippen LogP contribution in [0.5, 0.6) is 0 Å². The van der Waals surface area contributed by atoms with Crippen molar-refractivity contribution in [2.45, 2.75) is 27.2 Å². The number of amides is 1. The number of anilines is 1. The monoisotopic (exact) mass is 312 g/mol. The van der Waals surface area contributed by atoms with Crippen LogP contribution in [0.1, 0.15) is 37.6 Å². The SMILES string of the molecule is CCCN(CC)CCNC(=O)c1cc(NCC)ncc1Cl. The molecule has 6 heteroatoms. The van der Waals surface area contributed by atoms with Crippen molar-refractivity contribution in [1.29, 1.82) is 0 Å². The molecule has 1 heterocycles. The number of nitrogens with one attached hydrogen (secondary N) is 2. The largest absolute Gasteiger partial charge is 0.370 e. The topological polar surface area (TPSA) is 57.3 Å². The quantitative estimate of drug-likeness (QED) is 0.736. The van der Waals surface area contributed by atoms with Gasteiger partial charge in [-0.1, -0.05) is 25.4 Å². The molecule has 0 aliphatic carbocycles. The lowest BCUT2D eigenvalue weighted by Gasteiger charge is -2.19. The molecule has 0 bridgehead atoms. The highest BCUT2D eigenvalue weighted by Gasteiger charge is 2.12. The fourth-order valence-corrected chi connectivity index (χ4v) is 2.25. The van der Waals surface area contributed by atoms with Gasteiger partial charge in [0.15, 0.2) is 0 Å². The molecule has 0 radical (unpaired) electrons. The minimum Gasteiger partial charge on any atom is -0.370 e. The molecular formula is C15H25ClN4O. The standard InChI is InChI=1S/C15H25ClN4O/c1-4-8-20(6-3)9-7-18-15(21)12-10-14(17-5-2)19-11-13(12)16/h10-11H,4-9H2,1-3H3,(H,17,19)(H,18,21). The van der Waals surface area contributed by atoms with Crippen LogP contribution >= 0.6 is 11.6 Å². The van der Waals surface area contributed by atoms with Gasteiger partial charge in [-0.15, -0.1) is 0 Å². The van der Waals surface area contributed by atoms with E-state index in [2.05, 4.69) is 34.4 Å². The summed E-state index contributed by atoms with van der Waals surface area (Å²) in [5, 5.41) is 6.35. The van der Waals surface area contributed by atoms with Gasteiger partial charge in [0.2, 0.25) is 0 Å². The molecule has 0 unspecified atom stereocenters. The van der Waals surface area contributed by atoms with Gasteiger partial charge < -0.3 is 15.5 Å². The van der Waals surface area contributed by atoms with Crippen LogP contribution in [0.2, 0.25) is 5.02 Å². The first-order chi connectivity index (χ1) is 10.1. The van der Waals surface area contributed by atoms with Gasteiger partial charge in [-0.05, 0) is 32.5 Å². The van der Waals surface area contributed by atoms with Crippen LogP contribution in [0.15, 0.2) is 12.3 Å². The maximum Gasteiger partial charge on any atom is 0.253 e. The van der Waals surface area contributed by atoms with Crippen molar-refractivity contribution in [2.24, 2.45) is 0 Å². The van der Waals surface area contributed by atoms with Gasteiger partial charge >= 0.3 is 0 Å². The smallest absolute Gasteiger partial charge is 0.253 e. The number of nitrogens with zero attached hydrogens (tertiary/aromatic N) is 2. The Hall–Kier alpha value is -1.33. The Kier molecular flexibility index (Phi) is 8.08. The summed E-state index contributed by atoms with van der Waals surface area (Å²) < 4.78 is 0. The number of carbonyl (C=O) groups is 1. The number of pyridine rings is 1. The minimum atomic E-state index is -0.158. The third-order valence-corrected chi connectivity index (χ3v) is 3.46. The number of hydrogen-bond acceptors (Lipinski definition) is 4. The zero-order valence-electron chi connectivity index (χ0n) is 13.1. The van der Waals surface area contributed by atoms with Gasteiger partial charge in [-0.25, -0.2) is 4.98 Å². The molecule has 1 aromatic heterocycles. The van der Waals surface area contributed by atoms with E-state index in [0.29, 0.717) is 22.9 Å². The maximum absolute atomic E-state index is 12.2. The molecule has 5 nitrogen and oxygen atoms in total. The summed E-state index contributed by atoms with van der Waals surface area (Å²) in [4.78, 5) is 18.6. The van der Waals surface area contributed by atoms with Gasteiger partial charge in [0, 0.05) is 25.8 Å². The Labute approximate surface area is 132 Å². The molecule has 1 aromatic rings. The highest BCUT2D eigenvalue weighted by Crippen LogP contribution is 2.17. The number of halogens is 1. The van der Waals surface area contributed by atoms with Crippen LogP contribution in [0.3, 0.4) is 0 Å². The van der Waals surface area contributed by atoms with Crippen LogP contribution in [0, 0.1) is 0 Å². The van der Waals surface area contributed by atoms with Gasteiger partial charge in [-0.2, -0.15) is 0 Å². The average Bonchev–Trinajstić information content (AvgIpc) is 2.48. The fourth-order valence-electron chi connectivity index (χ4n) is 2.06. The Bertz CT molecular complexity index is 453. The summed E-state index contributed by atoms with van der Waals surface area (Å²) in [6.45, 7) is 10.5. The molecule has 118 valence electrons.